The predicted molar refractivity (Wildman–Crippen MR) is 268 cm³/mol. The van der Waals surface area contributed by atoms with Gasteiger partial charge in [0.25, 0.3) is 0 Å². The van der Waals surface area contributed by atoms with Gasteiger partial charge < -0.3 is 45.4 Å². The van der Waals surface area contributed by atoms with Crippen LogP contribution >= 0.6 is 0 Å². The molecule has 17 heteroatoms. The summed E-state index contributed by atoms with van der Waals surface area (Å²) in [4.78, 5) is 85.1. The summed E-state index contributed by atoms with van der Waals surface area (Å²) in [7, 11) is -0.977. The number of benzene rings is 3. The van der Waals surface area contributed by atoms with Crippen LogP contribution < -0.4 is 31.4 Å². The minimum absolute atomic E-state index is 0.0334. The Bertz CT molecular complexity index is 2270. The van der Waals surface area contributed by atoms with Crippen molar-refractivity contribution in [2.24, 2.45) is 11.8 Å². The van der Waals surface area contributed by atoms with Gasteiger partial charge in [-0.25, -0.2) is 9.59 Å². The maximum Gasteiger partial charge on any atom is 0.407 e. The lowest BCUT2D eigenvalue weighted by molar-refractivity contribution is -0.139. The Labute approximate surface area is 398 Å². The number of ether oxygens (including phenoxy) is 2. The molecule has 362 valence electrons. The maximum atomic E-state index is 14.0. The summed E-state index contributed by atoms with van der Waals surface area (Å²) in [6.45, 7) is 19.2. The standard InChI is InChI=1S/C50H71N7O8Si2/c1-31(2)43(53-49(62)64-5)47(60)55-28-12-13-41(55)45(58)51-35-18-14-33(15-19-35)39-26-27-40(57(39)37-22-24-38(25-23-37)66(7,8)9)34-16-20-36(21-17-34)52-46(59)42-29-67(10,11)30-56(42)48(61)44(32(3)4)54-50(63)65-6/h14-25,31-32,39-44H,12-13,26-30H2,1-11H3,(H,51,58)(H,52,59)(H,53,62)(H,54,63)/t39-,40-,41-,42-,43-,44-/m0/s1. The van der Waals surface area contributed by atoms with Crippen LogP contribution in [0.2, 0.25) is 38.8 Å². The monoisotopic (exact) mass is 953 g/mol. The van der Waals surface area contributed by atoms with Gasteiger partial charge in [0.1, 0.15) is 24.2 Å². The quantitative estimate of drug-likeness (QED) is 0.120. The lowest BCUT2D eigenvalue weighted by Gasteiger charge is -2.34. The van der Waals surface area contributed by atoms with E-state index < -0.39 is 52.5 Å². The summed E-state index contributed by atoms with van der Waals surface area (Å²) in [5.41, 5.74) is 4.59. The number of rotatable bonds is 14. The van der Waals surface area contributed by atoms with Crippen LogP contribution in [0.4, 0.5) is 26.7 Å². The van der Waals surface area contributed by atoms with Gasteiger partial charge >= 0.3 is 12.2 Å². The number of methoxy groups -OCH3 is 2. The molecule has 3 fully saturated rings. The average Bonchev–Trinajstić information content (AvgIpc) is 4.04. The highest BCUT2D eigenvalue weighted by molar-refractivity contribution is 6.88. The summed E-state index contributed by atoms with van der Waals surface area (Å²) >= 11 is 0. The van der Waals surface area contributed by atoms with Crippen molar-refractivity contribution in [2.75, 3.05) is 42.5 Å². The molecule has 3 heterocycles. The Kier molecular flexibility index (Phi) is 16.0. The van der Waals surface area contributed by atoms with Gasteiger partial charge in [0.05, 0.1) is 42.5 Å². The third kappa shape index (κ3) is 11.9. The van der Waals surface area contributed by atoms with Crippen LogP contribution in [0.15, 0.2) is 72.8 Å². The Hall–Kier alpha value is -5.69. The largest absolute Gasteiger partial charge is 0.453 e. The van der Waals surface area contributed by atoms with Crippen LogP contribution in [0.25, 0.3) is 0 Å². The zero-order valence-corrected chi connectivity index (χ0v) is 43.1. The van der Waals surface area contributed by atoms with Gasteiger partial charge in [-0.2, -0.15) is 0 Å². The van der Waals surface area contributed by atoms with E-state index in [9.17, 15) is 28.8 Å². The molecule has 3 aliphatic rings. The molecule has 3 saturated heterocycles. The van der Waals surface area contributed by atoms with E-state index in [2.05, 4.69) is 107 Å². The zero-order valence-electron chi connectivity index (χ0n) is 41.1. The van der Waals surface area contributed by atoms with Gasteiger partial charge in [-0.15, -0.1) is 0 Å². The molecule has 3 aliphatic heterocycles. The minimum Gasteiger partial charge on any atom is -0.453 e. The summed E-state index contributed by atoms with van der Waals surface area (Å²) in [6, 6.07) is 22.7. The third-order valence-corrected chi connectivity index (χ3v) is 18.2. The molecule has 6 rings (SSSR count). The number of carbonyl (C=O) groups is 6. The van der Waals surface area contributed by atoms with Crippen molar-refractivity contribution in [2.45, 2.75) is 128 Å². The number of nitrogens with zero attached hydrogens (tertiary/aromatic N) is 3. The second-order valence-corrected chi connectivity index (χ2v) is 30.9. The highest BCUT2D eigenvalue weighted by Crippen LogP contribution is 2.47. The van der Waals surface area contributed by atoms with Gasteiger partial charge in [-0.05, 0) is 91.1 Å². The van der Waals surface area contributed by atoms with E-state index in [-0.39, 0.29) is 47.5 Å². The number of anilines is 3. The Balaban J connectivity index is 1.19. The first-order chi connectivity index (χ1) is 31.6. The molecule has 0 radical (unpaired) electrons. The molecule has 67 heavy (non-hydrogen) atoms. The van der Waals surface area contributed by atoms with E-state index in [0.717, 1.165) is 29.7 Å². The first kappa shape index (κ1) is 50.7. The van der Waals surface area contributed by atoms with Crippen LogP contribution in [0.5, 0.6) is 0 Å². The molecule has 3 aromatic carbocycles. The fourth-order valence-electron chi connectivity index (χ4n) is 9.78. The van der Waals surface area contributed by atoms with E-state index in [1.807, 2.05) is 52.0 Å². The number of likely N-dealkylation sites (tertiary alicyclic amines) is 1. The molecular formula is C50H71N7O8Si2. The fourth-order valence-corrected chi connectivity index (χ4v) is 13.8. The van der Waals surface area contributed by atoms with Gasteiger partial charge in [-0.3, -0.25) is 19.2 Å². The van der Waals surface area contributed by atoms with Gasteiger partial charge in [0, 0.05) is 29.8 Å². The van der Waals surface area contributed by atoms with E-state index in [4.69, 9.17) is 9.47 Å². The second-order valence-electron chi connectivity index (χ2n) is 20.8. The number of amides is 6. The van der Waals surface area contributed by atoms with E-state index >= 15 is 0 Å². The van der Waals surface area contributed by atoms with Crippen molar-refractivity contribution in [3.8, 4) is 0 Å². The van der Waals surface area contributed by atoms with Gasteiger partial charge in [-0.1, -0.05) is 102 Å². The van der Waals surface area contributed by atoms with Crippen LogP contribution in [-0.4, -0.2) is 113 Å². The SMILES string of the molecule is COC(=O)N[C@H](C(=O)N1CCC[C@H]1C(=O)Nc1ccc([C@@H]2CC[C@@H](c3ccc(NC(=O)[C@@H]4C[Si](C)(C)CN4C(=O)[C@@H](NC(=O)OC)C(C)C)cc3)N2c2ccc([Si](C)(C)C)cc2)cc1)C(C)C. The van der Waals surface area contributed by atoms with Crippen molar-refractivity contribution in [3.05, 3.63) is 83.9 Å². The highest BCUT2D eigenvalue weighted by atomic mass is 28.3. The summed E-state index contributed by atoms with van der Waals surface area (Å²) < 4.78 is 9.54. The van der Waals surface area contributed by atoms with E-state index in [0.29, 0.717) is 43.0 Å². The third-order valence-electron chi connectivity index (χ3n) is 13.5. The van der Waals surface area contributed by atoms with Crippen molar-refractivity contribution >= 4 is 74.2 Å². The number of hydrogen-bond donors (Lipinski definition) is 4. The molecule has 4 N–H and O–H groups in total. The number of carbonyl (C=O) groups excluding carboxylic acids is 6. The maximum absolute atomic E-state index is 14.0. The lowest BCUT2D eigenvalue weighted by atomic mass is 10.0. The van der Waals surface area contributed by atoms with Crippen molar-refractivity contribution in [3.63, 3.8) is 0 Å². The molecule has 3 aromatic rings. The molecule has 6 atom stereocenters. The lowest BCUT2D eigenvalue weighted by Crippen LogP contribution is -2.54. The van der Waals surface area contributed by atoms with Crippen molar-refractivity contribution in [1.29, 1.82) is 0 Å². The van der Waals surface area contributed by atoms with E-state index in [1.165, 1.54) is 19.4 Å². The minimum atomic E-state index is -1.94. The summed E-state index contributed by atoms with van der Waals surface area (Å²) in [5, 5.41) is 12.8. The molecular weight excluding hydrogens is 883 g/mol. The van der Waals surface area contributed by atoms with Crippen LogP contribution in [0.3, 0.4) is 0 Å². The number of nitrogens with one attached hydrogen (secondary N) is 4. The van der Waals surface area contributed by atoms with Gasteiger partial charge in [0.2, 0.25) is 23.6 Å². The second kappa shape index (κ2) is 21.1. The normalized spacial score (nSPS) is 21.2. The molecule has 0 bridgehead atoms. The first-order valence-electron chi connectivity index (χ1n) is 23.6. The molecule has 6 amide bonds. The average molecular weight is 954 g/mol. The summed E-state index contributed by atoms with van der Waals surface area (Å²) in [6.07, 6.45) is 2.11. The topological polar surface area (TPSA) is 179 Å². The molecule has 0 spiro atoms. The first-order valence-corrected chi connectivity index (χ1v) is 30.5. The molecule has 0 unspecified atom stereocenters. The van der Waals surface area contributed by atoms with Gasteiger partial charge in [0.15, 0.2) is 0 Å². The van der Waals surface area contributed by atoms with Crippen molar-refractivity contribution < 1.29 is 38.2 Å². The smallest absolute Gasteiger partial charge is 0.407 e. The highest BCUT2D eigenvalue weighted by Gasteiger charge is 2.47. The molecule has 0 aromatic heterocycles. The van der Waals surface area contributed by atoms with Crippen molar-refractivity contribution in [1.82, 2.24) is 20.4 Å². The number of hydrogen-bond acceptors (Lipinski definition) is 9. The molecule has 0 saturated carbocycles. The number of alkyl carbamates (subject to hydrolysis) is 2. The predicted octanol–water partition coefficient (Wildman–Crippen LogP) is 7.40. The zero-order chi connectivity index (χ0) is 49.0. The van der Waals surface area contributed by atoms with Crippen LogP contribution in [0, 0.1) is 11.8 Å². The summed E-state index contributed by atoms with van der Waals surface area (Å²) in [5.74, 6) is -1.50. The fraction of sp³-hybridized carbons (Fsp3) is 0.520. The van der Waals surface area contributed by atoms with E-state index in [1.54, 1.807) is 9.80 Å². The Morgan fingerprint density at radius 1 is 0.627 bits per heavy atom. The van der Waals surface area contributed by atoms with Crippen LogP contribution in [-0.2, 0) is 28.7 Å². The molecule has 15 nitrogen and oxygen atoms in total. The van der Waals surface area contributed by atoms with Crippen LogP contribution in [0.1, 0.15) is 76.6 Å². The Morgan fingerprint density at radius 2 is 1.07 bits per heavy atom. The Morgan fingerprint density at radius 3 is 1.51 bits per heavy atom. The molecule has 0 aliphatic carbocycles.